The van der Waals surface area contributed by atoms with Crippen molar-refractivity contribution < 1.29 is 31.1 Å². The fourth-order valence-electron chi connectivity index (χ4n) is 1.36. The summed E-state index contributed by atoms with van der Waals surface area (Å²) in [7, 11) is 0.500. The molecule has 0 aromatic heterocycles. The Morgan fingerprint density at radius 2 is 1.50 bits per heavy atom. The van der Waals surface area contributed by atoms with Gasteiger partial charge in [0.1, 0.15) is 0 Å². The minimum Gasteiger partial charge on any atom is -0.378 e. The van der Waals surface area contributed by atoms with Crippen LogP contribution in [0.4, 0.5) is 26.3 Å². The van der Waals surface area contributed by atoms with Gasteiger partial charge < -0.3 is 4.74 Å². The van der Waals surface area contributed by atoms with Crippen molar-refractivity contribution >= 4 is 0 Å². The number of hydrogen-bond acceptors (Lipinski definition) is 1. The van der Waals surface area contributed by atoms with Crippen LogP contribution in [-0.2, 0) is 4.74 Å². The van der Waals surface area contributed by atoms with E-state index in [1.807, 2.05) is 0 Å². The van der Waals surface area contributed by atoms with Gasteiger partial charge in [-0.2, -0.15) is 0 Å². The van der Waals surface area contributed by atoms with Crippen LogP contribution < -0.4 is 0 Å². The van der Waals surface area contributed by atoms with E-state index in [0.29, 0.717) is 7.18 Å². The Labute approximate surface area is 105 Å². The van der Waals surface area contributed by atoms with Crippen molar-refractivity contribution in [1.82, 2.24) is 0 Å². The van der Waals surface area contributed by atoms with E-state index < -0.39 is 30.5 Å². The smallest absolute Gasteiger partial charge is 0.289 e. The molecule has 0 amide bonds. The number of alkyl halides is 6. The van der Waals surface area contributed by atoms with Gasteiger partial charge in [-0.3, -0.25) is 4.39 Å². The molecule has 7 heteroatoms. The van der Waals surface area contributed by atoms with Crippen molar-refractivity contribution in [2.75, 3.05) is 20.4 Å². The molecule has 1 fully saturated rings. The predicted molar refractivity (Wildman–Crippen MR) is 60.0 cm³/mol. The highest BCUT2D eigenvalue weighted by Crippen LogP contribution is 2.47. The van der Waals surface area contributed by atoms with E-state index in [2.05, 4.69) is 4.74 Å². The number of halogens is 6. The molecule has 1 unspecified atom stereocenters. The van der Waals surface area contributed by atoms with Crippen LogP contribution in [0.1, 0.15) is 34.6 Å². The first-order chi connectivity index (χ1) is 7.21. The number of ether oxygens (including phenoxy) is 1. The molecular weight excluding hydrogens is 262 g/mol. The van der Waals surface area contributed by atoms with Gasteiger partial charge in [0.2, 0.25) is 0 Å². The van der Waals surface area contributed by atoms with Gasteiger partial charge in [-0.25, -0.2) is 22.0 Å². The van der Waals surface area contributed by atoms with Crippen LogP contribution in [0.3, 0.4) is 0 Å². The summed E-state index contributed by atoms with van der Waals surface area (Å²) in [5.41, 5.74) is -3.89. The van der Waals surface area contributed by atoms with Crippen LogP contribution in [0, 0.1) is 0 Å². The maximum Gasteiger partial charge on any atom is 0.289 e. The molecule has 0 aliphatic carbocycles. The fraction of sp³-hybridized carbons (Fsp3) is 1.00. The molecule has 0 saturated carbocycles. The molecule has 1 rings (SSSR count). The Morgan fingerprint density at radius 3 is 1.89 bits per heavy atom. The first-order valence-corrected chi connectivity index (χ1v) is 4.61. The Kier molecular flexibility index (Phi) is 9.91. The average Bonchev–Trinajstić information content (AvgIpc) is 2.30. The standard InChI is InChI=1S/C8H11F5O.CH3F.2CH4/c1-6(9,10)7(11)5-14-4-2-3-8(7,12)13;1-2;;/h2-5H2,1H3;1H3;2*1H4. The third-order valence-electron chi connectivity index (χ3n) is 2.36. The molecule has 1 heterocycles. The lowest BCUT2D eigenvalue weighted by Crippen LogP contribution is -2.58. The zero-order valence-electron chi connectivity index (χ0n) is 9.00. The first-order valence-electron chi connectivity index (χ1n) is 4.61. The molecule has 18 heavy (non-hydrogen) atoms. The second kappa shape index (κ2) is 7.86. The van der Waals surface area contributed by atoms with E-state index >= 15 is 0 Å². The Morgan fingerprint density at radius 1 is 1.06 bits per heavy atom. The molecule has 0 aromatic carbocycles. The van der Waals surface area contributed by atoms with Crippen LogP contribution in [-0.4, -0.2) is 37.9 Å². The third kappa shape index (κ3) is 4.33. The summed E-state index contributed by atoms with van der Waals surface area (Å²) in [5, 5.41) is 0. The van der Waals surface area contributed by atoms with Crippen molar-refractivity contribution in [2.24, 2.45) is 0 Å². The van der Waals surface area contributed by atoms with Crippen molar-refractivity contribution in [1.29, 1.82) is 0 Å². The molecule has 0 spiro atoms. The fourth-order valence-corrected chi connectivity index (χ4v) is 1.36. The molecule has 1 atom stereocenters. The van der Waals surface area contributed by atoms with Gasteiger partial charge in [-0.05, 0) is 6.42 Å². The van der Waals surface area contributed by atoms with Gasteiger partial charge in [0.25, 0.3) is 17.5 Å². The summed E-state index contributed by atoms with van der Waals surface area (Å²) >= 11 is 0. The molecule has 1 nitrogen and oxygen atoms in total. The van der Waals surface area contributed by atoms with E-state index in [9.17, 15) is 26.3 Å². The van der Waals surface area contributed by atoms with Gasteiger partial charge in [0, 0.05) is 20.0 Å². The molecule has 0 N–H and O–H groups in total. The van der Waals surface area contributed by atoms with Gasteiger partial charge in [-0.1, -0.05) is 14.9 Å². The van der Waals surface area contributed by atoms with E-state index in [0.717, 1.165) is 0 Å². The lowest BCUT2D eigenvalue weighted by atomic mass is 9.90. The van der Waals surface area contributed by atoms with Gasteiger partial charge in [0.05, 0.1) is 13.8 Å². The number of rotatable bonds is 1. The zero-order valence-corrected chi connectivity index (χ0v) is 9.00. The quantitative estimate of drug-likeness (QED) is 0.637. The van der Waals surface area contributed by atoms with Crippen LogP contribution in [0.5, 0.6) is 0 Å². The second-order valence-corrected chi connectivity index (χ2v) is 3.55. The molecule has 1 aliphatic rings. The number of hydrogen-bond donors (Lipinski definition) is 0. The Bertz CT molecular complexity index is 216. The molecule has 114 valence electrons. The molecule has 1 aliphatic heterocycles. The maximum absolute atomic E-state index is 13.5. The first kappa shape index (κ1) is 22.7. The molecule has 0 aromatic rings. The third-order valence-corrected chi connectivity index (χ3v) is 2.36. The highest BCUT2D eigenvalue weighted by atomic mass is 19.3. The van der Waals surface area contributed by atoms with Crippen molar-refractivity contribution in [3.05, 3.63) is 0 Å². The molecule has 0 bridgehead atoms. The van der Waals surface area contributed by atoms with Crippen LogP contribution in [0.25, 0.3) is 0 Å². The topological polar surface area (TPSA) is 9.23 Å². The van der Waals surface area contributed by atoms with E-state index in [4.69, 9.17) is 0 Å². The van der Waals surface area contributed by atoms with Gasteiger partial charge in [-0.15, -0.1) is 0 Å². The SMILES string of the molecule is C.C.CC(F)(F)C1(F)COCCCC1(F)F.CF. The normalized spacial score (nSPS) is 26.7. The summed E-state index contributed by atoms with van der Waals surface area (Å²) in [6.45, 7) is -1.23. The summed E-state index contributed by atoms with van der Waals surface area (Å²) in [5.74, 6) is -8.15. The van der Waals surface area contributed by atoms with Crippen molar-refractivity contribution in [2.45, 2.75) is 52.1 Å². The monoisotopic (exact) mass is 284 g/mol. The minimum absolute atomic E-state index is 0. The minimum atomic E-state index is -4.11. The van der Waals surface area contributed by atoms with E-state index in [1.165, 1.54) is 0 Å². The lowest BCUT2D eigenvalue weighted by Gasteiger charge is -2.35. The maximum atomic E-state index is 13.5. The molecular formula is C11H22F6O. The zero-order chi connectivity index (χ0) is 13.0. The average molecular weight is 284 g/mol. The van der Waals surface area contributed by atoms with Crippen LogP contribution in [0.2, 0.25) is 0 Å². The van der Waals surface area contributed by atoms with Crippen LogP contribution >= 0.6 is 0 Å². The predicted octanol–water partition coefficient (Wildman–Crippen LogP) is 4.65. The summed E-state index contributed by atoms with van der Waals surface area (Å²) < 4.78 is 79.0. The Hall–Kier alpha value is -0.460. The summed E-state index contributed by atoms with van der Waals surface area (Å²) in [6.07, 6.45) is -1.03. The summed E-state index contributed by atoms with van der Waals surface area (Å²) in [6, 6.07) is 0. The lowest BCUT2D eigenvalue weighted by molar-refractivity contribution is -0.251. The highest BCUT2D eigenvalue weighted by Gasteiger charge is 2.67. The van der Waals surface area contributed by atoms with E-state index in [1.54, 1.807) is 0 Å². The summed E-state index contributed by atoms with van der Waals surface area (Å²) in [4.78, 5) is 0. The van der Waals surface area contributed by atoms with Crippen molar-refractivity contribution in [3.8, 4) is 0 Å². The largest absolute Gasteiger partial charge is 0.378 e. The second-order valence-electron chi connectivity index (χ2n) is 3.55. The molecule has 1 saturated heterocycles. The molecule has 0 radical (unpaired) electrons. The van der Waals surface area contributed by atoms with Gasteiger partial charge in [0.15, 0.2) is 0 Å². The van der Waals surface area contributed by atoms with E-state index in [-0.39, 0.29) is 34.8 Å². The van der Waals surface area contributed by atoms with Gasteiger partial charge >= 0.3 is 0 Å². The van der Waals surface area contributed by atoms with Crippen LogP contribution in [0.15, 0.2) is 0 Å². The highest BCUT2D eigenvalue weighted by molar-refractivity contribution is 5.03. The van der Waals surface area contributed by atoms with Crippen molar-refractivity contribution in [3.63, 3.8) is 0 Å². The Balaban J connectivity index is -0.000000534.